The van der Waals surface area contributed by atoms with E-state index < -0.39 is 23.6 Å². The minimum atomic E-state index is -0.431. The summed E-state index contributed by atoms with van der Waals surface area (Å²) in [6, 6.07) is 23.2. The number of rotatable bonds is 0. The molecule has 8 aromatic heterocycles. The molecule has 498 valence electrons. The molecule has 0 atom stereocenters. The van der Waals surface area contributed by atoms with Gasteiger partial charge in [-0.15, -0.1) is 45.9 Å². The molecule has 13 aromatic rings. The first-order valence-corrected chi connectivity index (χ1v) is 36.4. The van der Waals surface area contributed by atoms with E-state index in [2.05, 4.69) is 151 Å². The molecular formula is C76H84N10O4S6. The smallest absolute Gasteiger partial charge is 0.261 e. The lowest BCUT2D eigenvalue weighted by atomic mass is 9.86. The number of carbonyl (C=O) groups excluding carboxylic acids is 4. The van der Waals surface area contributed by atoms with E-state index >= 15 is 0 Å². The Balaban J connectivity index is 0.000000164. The van der Waals surface area contributed by atoms with Gasteiger partial charge in [0.05, 0.1) is 53.6 Å². The molecular weight excluding hydrogens is 1310 g/mol. The molecule has 96 heavy (non-hydrogen) atoms. The van der Waals surface area contributed by atoms with Crippen LogP contribution < -0.4 is 0 Å². The summed E-state index contributed by atoms with van der Waals surface area (Å²) in [7, 11) is 6.78. The minimum absolute atomic E-state index is 0.336. The Morgan fingerprint density at radius 2 is 0.792 bits per heavy atom. The van der Waals surface area contributed by atoms with E-state index in [1.807, 2.05) is 111 Å². The van der Waals surface area contributed by atoms with Crippen LogP contribution in [0.5, 0.6) is 0 Å². The number of thiophene rings is 3. The second kappa shape index (κ2) is 32.9. The number of nitrogens with zero attached hydrogens (tertiary/aromatic N) is 10. The van der Waals surface area contributed by atoms with Gasteiger partial charge < -0.3 is 9.56 Å². The average Bonchev–Trinajstić information content (AvgIpc) is 0.826. The van der Waals surface area contributed by atoms with Crippen LogP contribution in [0.4, 0.5) is 0 Å². The van der Waals surface area contributed by atoms with Crippen molar-refractivity contribution in [2.45, 2.75) is 132 Å². The zero-order valence-electron chi connectivity index (χ0n) is 59.2. The summed E-state index contributed by atoms with van der Waals surface area (Å²) in [6.45, 7) is 38.8. The van der Waals surface area contributed by atoms with Crippen molar-refractivity contribution < 1.29 is 19.2 Å². The molecule has 0 spiro atoms. The lowest BCUT2D eigenvalue weighted by molar-refractivity contribution is 0.0629. The molecule has 16 rings (SSSR count). The maximum absolute atomic E-state index is 12.3. The second-order valence-electron chi connectivity index (χ2n) is 21.9. The molecule has 0 saturated carbocycles. The van der Waals surface area contributed by atoms with Crippen molar-refractivity contribution >= 4 is 172 Å². The molecule has 0 radical (unpaired) electrons. The van der Waals surface area contributed by atoms with Gasteiger partial charge in [0.2, 0.25) is 0 Å². The van der Waals surface area contributed by atoms with Gasteiger partial charge in [0.15, 0.2) is 9.66 Å². The highest BCUT2D eigenvalue weighted by molar-refractivity contribution is 7.27. The van der Waals surface area contributed by atoms with E-state index in [-0.39, 0.29) is 0 Å². The lowest BCUT2D eigenvalue weighted by Crippen LogP contribution is -2.40. The fourth-order valence-corrected chi connectivity index (χ4v) is 16.8. The number of aliphatic imine (C=N–C) groups is 1. The first-order valence-electron chi connectivity index (χ1n) is 31.6. The predicted octanol–water partition coefficient (Wildman–Crippen LogP) is 21.1. The molecule has 0 N–H and O–H groups in total. The van der Waals surface area contributed by atoms with Gasteiger partial charge in [0, 0.05) is 97.2 Å². The van der Waals surface area contributed by atoms with E-state index in [0.29, 0.717) is 33.0 Å². The topological polar surface area (TPSA) is 169 Å². The molecule has 3 aliphatic rings. The number of thiazole rings is 2. The van der Waals surface area contributed by atoms with Gasteiger partial charge in [-0.3, -0.25) is 29.0 Å². The summed E-state index contributed by atoms with van der Waals surface area (Å²) < 4.78 is 13.8. The summed E-state index contributed by atoms with van der Waals surface area (Å²) in [5.74, 6) is 3.64. The molecule has 20 heteroatoms. The van der Waals surface area contributed by atoms with Crippen LogP contribution in [0.3, 0.4) is 0 Å². The first-order chi connectivity index (χ1) is 46.0. The third-order valence-electron chi connectivity index (χ3n) is 16.0. The Morgan fingerprint density at radius 3 is 1.11 bits per heavy atom. The van der Waals surface area contributed by atoms with E-state index in [1.54, 1.807) is 47.3 Å². The number of carbonyl (C=O) groups is 4. The minimum Gasteiger partial charge on any atom is -0.342 e. The average molecular weight is 1390 g/mol. The molecule has 0 bridgehead atoms. The van der Waals surface area contributed by atoms with Gasteiger partial charge in [-0.25, -0.2) is 19.9 Å². The number of hydrogen-bond acceptors (Lipinski definition) is 17. The van der Waals surface area contributed by atoms with Crippen molar-refractivity contribution in [1.82, 2.24) is 43.0 Å². The fraction of sp³-hybridized carbons (Fsp3) is 0.303. The van der Waals surface area contributed by atoms with Crippen LogP contribution in [0, 0.1) is 81.1 Å². The number of allylic oxidation sites excluding steroid dienone is 2. The highest BCUT2D eigenvalue weighted by Crippen LogP contribution is 2.47. The van der Waals surface area contributed by atoms with Gasteiger partial charge in [-0.2, -0.15) is 8.75 Å². The van der Waals surface area contributed by atoms with E-state index in [1.165, 1.54) is 134 Å². The molecule has 2 aliphatic heterocycles. The molecule has 1 aliphatic carbocycles. The standard InChI is InChI=1S/C18H12N2S.C16H10N2O4.C13H15NS2.C8H8N2S.C6H6N2S2.C4H8.C4H6.C3H7N.2C2H6/c1-9-15-16(10(2)21-9)20-18-13-8-4-6-11-5-3-7-12(14(11)13)17(18)19-15;1-17-13(19)7-3-5-9-12-10(16(22)18(2)15(9)21)6-4-8(11(7)12)14(17)20;1-6-8(3)15-12-10(6)14(5)11-7(2)9(4)16-13(11)12;1-5-3-4-6(2)8-7(5)9-11-10-8;1-3-7-5-6(9-3)8-4(2)10-5;3*1-3-4-2;2*1-2/h3-8H,1-2H3;3-6H,1-2H3;1-5H3;3-4H,1-2H3;1-2H3;3-4H,1-2H3;1-2H3;3H,1-2H3;2*1-2H3. The van der Waals surface area contributed by atoms with Crippen molar-refractivity contribution in [1.29, 1.82) is 0 Å². The van der Waals surface area contributed by atoms with Crippen LogP contribution in [-0.2, 0) is 7.05 Å². The van der Waals surface area contributed by atoms with Gasteiger partial charge >= 0.3 is 0 Å². The van der Waals surface area contributed by atoms with Crippen molar-refractivity contribution in [3.8, 4) is 34.4 Å². The molecule has 10 heterocycles. The predicted molar refractivity (Wildman–Crippen MR) is 415 cm³/mol. The van der Waals surface area contributed by atoms with Crippen molar-refractivity contribution in [3.63, 3.8) is 0 Å². The van der Waals surface area contributed by atoms with Crippen LogP contribution >= 0.6 is 68.4 Å². The van der Waals surface area contributed by atoms with Crippen LogP contribution in [0.25, 0.3) is 96.2 Å². The highest BCUT2D eigenvalue weighted by Gasteiger charge is 2.37. The Bertz CT molecular complexity index is 4780. The second-order valence-corrected chi connectivity index (χ2v) is 28.6. The third kappa shape index (κ3) is 14.7. The Kier molecular flexibility index (Phi) is 25.7. The normalized spacial score (nSPS) is 12.0. The summed E-state index contributed by atoms with van der Waals surface area (Å²) in [6.07, 6.45) is 5.75. The zero-order valence-corrected chi connectivity index (χ0v) is 64.1. The van der Waals surface area contributed by atoms with Crippen LogP contribution in [0.2, 0.25) is 0 Å². The summed E-state index contributed by atoms with van der Waals surface area (Å²) in [5, 5.41) is 5.57. The highest BCUT2D eigenvalue weighted by atomic mass is 32.1. The Hall–Kier alpha value is -8.55. The van der Waals surface area contributed by atoms with Crippen molar-refractivity contribution in [3.05, 3.63) is 159 Å². The maximum Gasteiger partial charge on any atom is 0.261 e. The van der Waals surface area contributed by atoms with Crippen LogP contribution in [-0.4, -0.2) is 94.0 Å². The maximum atomic E-state index is 12.3. The molecule has 14 nitrogen and oxygen atoms in total. The lowest BCUT2D eigenvalue weighted by Gasteiger charge is -2.29. The quantitative estimate of drug-likeness (QED) is 0.0616. The number of hydrogen-bond donors (Lipinski definition) is 0. The molecule has 4 amide bonds. The van der Waals surface area contributed by atoms with Crippen LogP contribution in [0.1, 0.15) is 156 Å². The Morgan fingerprint density at radius 1 is 0.438 bits per heavy atom. The van der Waals surface area contributed by atoms with Gasteiger partial charge in [0.1, 0.15) is 22.1 Å². The van der Waals surface area contributed by atoms with Crippen LogP contribution in [0.15, 0.2) is 89.9 Å². The molecule has 0 fully saturated rings. The third-order valence-corrected chi connectivity index (χ3v) is 22.0. The number of benzene rings is 5. The summed E-state index contributed by atoms with van der Waals surface area (Å²) >= 11 is 10.3. The van der Waals surface area contributed by atoms with E-state index in [4.69, 9.17) is 9.97 Å². The Labute approximate surface area is 587 Å². The van der Waals surface area contributed by atoms with E-state index in [9.17, 15) is 19.2 Å². The van der Waals surface area contributed by atoms with Gasteiger partial charge in [-0.1, -0.05) is 111 Å². The SMILES string of the molecule is CC.CC.CC#CC.CC=CC.CC=NC.CN1C(=O)c2ccc3c4c(ccc(c24)C1=O)C(=O)N(C)C3=O.Cc1ccc(C)c2nsnc12.Cc1nc2sc(C)nc2s1.Cc1sc(C)c2nc3c(nc12)-c1cccc2cccc-3c12.Cc1sc2c3sc(C)c(C)c3n(C)c2c1C. The molecule has 0 unspecified atom stereocenters. The first kappa shape index (κ1) is 74.8. The van der Waals surface area contributed by atoms with Gasteiger partial charge in [0.25, 0.3) is 23.6 Å². The number of aromatic nitrogens is 7. The summed E-state index contributed by atoms with van der Waals surface area (Å²) in [4.78, 5) is 81.0. The largest absolute Gasteiger partial charge is 0.342 e. The zero-order chi connectivity index (χ0) is 70.7. The van der Waals surface area contributed by atoms with Crippen molar-refractivity contribution in [2.75, 3.05) is 21.1 Å². The number of imide groups is 2. The molecule has 5 aromatic carbocycles. The molecule has 0 saturated heterocycles. The monoisotopic (exact) mass is 1390 g/mol. The number of amides is 4. The number of fused-ring (bicyclic) bond motifs is 9. The number of aryl methyl sites for hydroxylation is 11. The summed E-state index contributed by atoms with van der Waals surface area (Å²) in [5.41, 5.74) is 18.3. The fourth-order valence-electron chi connectivity index (χ4n) is 10.9. The van der Waals surface area contributed by atoms with Crippen molar-refractivity contribution in [2.24, 2.45) is 12.0 Å². The van der Waals surface area contributed by atoms with Gasteiger partial charge in [-0.05, 0) is 162 Å². The van der Waals surface area contributed by atoms with E-state index in [0.717, 1.165) is 62.9 Å².